The number of nitrogens with one attached hydrogen (secondary N) is 2. The average Bonchev–Trinajstić information content (AvgIpc) is 2.68. The fourth-order valence-electron chi connectivity index (χ4n) is 2.72. The van der Waals surface area contributed by atoms with Crippen molar-refractivity contribution < 1.29 is 33.7 Å². The molecule has 9 heteroatoms. The molecule has 1 aromatic rings. The van der Waals surface area contributed by atoms with Crippen LogP contribution in [0.4, 0.5) is 4.79 Å². The first-order valence-corrected chi connectivity index (χ1v) is 10.8. The molecule has 2 amide bonds. The molecule has 1 atom stereocenters. The van der Waals surface area contributed by atoms with E-state index >= 15 is 0 Å². The smallest absolute Gasteiger partial charge is 0.408 e. The number of phenols is 1. The van der Waals surface area contributed by atoms with Gasteiger partial charge in [0.15, 0.2) is 0 Å². The molecule has 0 saturated carbocycles. The van der Waals surface area contributed by atoms with Gasteiger partial charge in [0.05, 0.1) is 12.2 Å². The van der Waals surface area contributed by atoms with Gasteiger partial charge in [-0.25, -0.2) is 9.59 Å². The van der Waals surface area contributed by atoms with Gasteiger partial charge in [-0.15, -0.1) is 0 Å². The minimum Gasteiger partial charge on any atom is -0.507 e. The van der Waals surface area contributed by atoms with E-state index in [1.54, 1.807) is 26.8 Å². The SMILES string of the molecule is CCOCCNC(=O)c1cc(COC(=O)NC(CC(C)C)C(=O)OC(C)(C)C)ccc1O. The van der Waals surface area contributed by atoms with Gasteiger partial charge in [0.25, 0.3) is 5.91 Å². The number of ether oxygens (including phenoxy) is 3. The highest BCUT2D eigenvalue weighted by Crippen LogP contribution is 2.19. The lowest BCUT2D eigenvalue weighted by molar-refractivity contribution is -0.157. The maximum Gasteiger partial charge on any atom is 0.408 e. The number of hydrogen-bond donors (Lipinski definition) is 3. The largest absolute Gasteiger partial charge is 0.507 e. The van der Waals surface area contributed by atoms with Gasteiger partial charge in [-0.05, 0) is 57.7 Å². The molecule has 1 unspecified atom stereocenters. The monoisotopic (exact) mass is 452 g/mol. The van der Waals surface area contributed by atoms with Crippen LogP contribution in [-0.4, -0.2) is 54.5 Å². The number of carbonyl (C=O) groups excluding carboxylic acids is 3. The van der Waals surface area contributed by atoms with E-state index in [1.165, 1.54) is 12.1 Å². The summed E-state index contributed by atoms with van der Waals surface area (Å²) in [5.74, 6) is -1.03. The molecule has 0 radical (unpaired) electrons. The summed E-state index contributed by atoms with van der Waals surface area (Å²) in [4.78, 5) is 37.0. The molecule has 180 valence electrons. The van der Waals surface area contributed by atoms with Crippen molar-refractivity contribution in [1.82, 2.24) is 10.6 Å². The Morgan fingerprint density at radius 2 is 1.84 bits per heavy atom. The van der Waals surface area contributed by atoms with Crippen molar-refractivity contribution in [1.29, 1.82) is 0 Å². The lowest BCUT2D eigenvalue weighted by Gasteiger charge is -2.25. The molecular formula is C23H36N2O7. The fourth-order valence-corrected chi connectivity index (χ4v) is 2.72. The van der Waals surface area contributed by atoms with Crippen LogP contribution in [0.5, 0.6) is 5.75 Å². The van der Waals surface area contributed by atoms with Gasteiger partial charge in [-0.1, -0.05) is 19.9 Å². The van der Waals surface area contributed by atoms with Crippen molar-refractivity contribution in [3.8, 4) is 5.75 Å². The van der Waals surface area contributed by atoms with Gasteiger partial charge < -0.3 is 30.0 Å². The number of phenolic OH excluding ortho intramolecular Hbond substituents is 1. The van der Waals surface area contributed by atoms with Crippen LogP contribution in [0.1, 0.15) is 63.9 Å². The highest BCUT2D eigenvalue weighted by atomic mass is 16.6. The van der Waals surface area contributed by atoms with Gasteiger partial charge >= 0.3 is 12.1 Å². The van der Waals surface area contributed by atoms with E-state index in [1.807, 2.05) is 20.8 Å². The van der Waals surface area contributed by atoms with Gasteiger partial charge in [0.1, 0.15) is 24.0 Å². The number of hydrogen-bond acceptors (Lipinski definition) is 7. The van der Waals surface area contributed by atoms with Crippen molar-refractivity contribution in [2.45, 2.75) is 66.2 Å². The van der Waals surface area contributed by atoms with E-state index in [0.29, 0.717) is 31.7 Å². The zero-order valence-electron chi connectivity index (χ0n) is 19.8. The predicted octanol–water partition coefficient (Wildman–Crippen LogP) is 3.14. The molecule has 0 aromatic heterocycles. The number of carbonyl (C=O) groups is 3. The molecule has 9 nitrogen and oxygen atoms in total. The van der Waals surface area contributed by atoms with Crippen LogP contribution in [0.25, 0.3) is 0 Å². The van der Waals surface area contributed by atoms with E-state index in [9.17, 15) is 19.5 Å². The second-order valence-corrected chi connectivity index (χ2v) is 8.74. The minimum atomic E-state index is -0.840. The molecule has 0 aliphatic heterocycles. The van der Waals surface area contributed by atoms with Gasteiger partial charge in [-0.2, -0.15) is 0 Å². The third-order valence-corrected chi connectivity index (χ3v) is 4.10. The zero-order chi connectivity index (χ0) is 24.3. The molecule has 0 aliphatic carbocycles. The highest BCUT2D eigenvalue weighted by Gasteiger charge is 2.28. The molecule has 0 spiro atoms. The minimum absolute atomic E-state index is 0.0643. The molecule has 0 saturated heterocycles. The summed E-state index contributed by atoms with van der Waals surface area (Å²) >= 11 is 0. The lowest BCUT2D eigenvalue weighted by atomic mass is 10.0. The number of rotatable bonds is 11. The number of alkyl carbamates (subject to hydrolysis) is 1. The van der Waals surface area contributed by atoms with Gasteiger partial charge in [0.2, 0.25) is 0 Å². The second-order valence-electron chi connectivity index (χ2n) is 8.74. The second kappa shape index (κ2) is 12.9. The van der Waals surface area contributed by atoms with E-state index < -0.39 is 29.6 Å². The zero-order valence-corrected chi connectivity index (χ0v) is 19.8. The van der Waals surface area contributed by atoms with Crippen molar-refractivity contribution in [2.24, 2.45) is 5.92 Å². The van der Waals surface area contributed by atoms with Crippen LogP contribution >= 0.6 is 0 Å². The third-order valence-electron chi connectivity index (χ3n) is 4.10. The number of benzene rings is 1. The van der Waals surface area contributed by atoms with E-state index in [0.717, 1.165) is 0 Å². The fraction of sp³-hybridized carbons (Fsp3) is 0.609. The Morgan fingerprint density at radius 1 is 1.16 bits per heavy atom. The first-order chi connectivity index (χ1) is 14.9. The summed E-state index contributed by atoms with van der Waals surface area (Å²) < 4.78 is 15.8. The molecule has 0 heterocycles. The maximum atomic E-state index is 12.4. The van der Waals surface area contributed by atoms with Crippen molar-refractivity contribution in [3.63, 3.8) is 0 Å². The Morgan fingerprint density at radius 3 is 2.44 bits per heavy atom. The molecule has 3 N–H and O–H groups in total. The van der Waals surface area contributed by atoms with E-state index in [4.69, 9.17) is 14.2 Å². The van der Waals surface area contributed by atoms with Crippen LogP contribution in [0.2, 0.25) is 0 Å². The summed E-state index contributed by atoms with van der Waals surface area (Å²) in [6.07, 6.45) is -0.382. The summed E-state index contributed by atoms with van der Waals surface area (Å²) in [5, 5.41) is 15.2. The highest BCUT2D eigenvalue weighted by molar-refractivity contribution is 5.97. The molecule has 0 aliphatic rings. The average molecular weight is 453 g/mol. The standard InChI is InChI=1S/C23H36N2O7/c1-7-30-11-10-24-20(27)17-13-16(8-9-19(17)26)14-31-22(29)25-18(12-15(2)3)21(28)32-23(4,5)6/h8-9,13,15,18,26H,7,10-12,14H2,1-6H3,(H,24,27)(H,25,29). The van der Waals surface area contributed by atoms with E-state index in [-0.39, 0.29) is 23.8 Å². The topological polar surface area (TPSA) is 123 Å². The summed E-state index contributed by atoms with van der Waals surface area (Å²) in [7, 11) is 0. The van der Waals surface area contributed by atoms with Crippen molar-refractivity contribution in [2.75, 3.05) is 19.8 Å². The molecular weight excluding hydrogens is 416 g/mol. The maximum absolute atomic E-state index is 12.4. The first-order valence-electron chi connectivity index (χ1n) is 10.8. The van der Waals surface area contributed by atoms with Crippen molar-refractivity contribution >= 4 is 18.0 Å². The third kappa shape index (κ3) is 10.5. The Hall–Kier alpha value is -2.81. The molecule has 0 bridgehead atoms. The van der Waals surface area contributed by atoms with Crippen LogP contribution in [-0.2, 0) is 25.6 Å². The Labute approximate surface area is 189 Å². The van der Waals surface area contributed by atoms with Crippen LogP contribution in [0.15, 0.2) is 18.2 Å². The van der Waals surface area contributed by atoms with Crippen LogP contribution in [0, 0.1) is 5.92 Å². The Balaban J connectivity index is 2.71. The first kappa shape index (κ1) is 27.2. The van der Waals surface area contributed by atoms with Gasteiger partial charge in [0, 0.05) is 13.2 Å². The Bertz CT molecular complexity index is 772. The normalized spacial score (nSPS) is 12.2. The molecule has 0 fully saturated rings. The summed E-state index contributed by atoms with van der Waals surface area (Å²) in [5.41, 5.74) is -0.108. The number of aromatic hydroxyl groups is 1. The Kier molecular flexibility index (Phi) is 11.0. The summed E-state index contributed by atoms with van der Waals surface area (Å²) in [6.45, 7) is 12.0. The lowest BCUT2D eigenvalue weighted by Crippen LogP contribution is -2.45. The molecule has 1 rings (SSSR count). The quantitative estimate of drug-likeness (QED) is 0.348. The van der Waals surface area contributed by atoms with E-state index in [2.05, 4.69) is 10.6 Å². The van der Waals surface area contributed by atoms with Crippen LogP contribution in [0.3, 0.4) is 0 Å². The number of amides is 2. The summed E-state index contributed by atoms with van der Waals surface area (Å²) in [6, 6.07) is 3.50. The molecule has 32 heavy (non-hydrogen) atoms. The molecule has 1 aromatic carbocycles. The number of esters is 1. The predicted molar refractivity (Wildman–Crippen MR) is 119 cm³/mol. The van der Waals surface area contributed by atoms with Crippen LogP contribution < -0.4 is 10.6 Å². The van der Waals surface area contributed by atoms with Crippen molar-refractivity contribution in [3.05, 3.63) is 29.3 Å². The van der Waals surface area contributed by atoms with Gasteiger partial charge in [-0.3, -0.25) is 4.79 Å².